The predicted octanol–water partition coefficient (Wildman–Crippen LogP) is -1.32. The monoisotopic (exact) mass is 392 g/mol. The lowest BCUT2D eigenvalue weighted by Crippen LogP contribution is -2.54. The van der Waals surface area contributed by atoms with E-state index in [1.54, 1.807) is 12.1 Å². The van der Waals surface area contributed by atoms with E-state index in [0.717, 1.165) is 5.56 Å². The van der Waals surface area contributed by atoms with Gasteiger partial charge in [-0.15, -0.1) is 0 Å². The van der Waals surface area contributed by atoms with Crippen LogP contribution >= 0.6 is 0 Å². The summed E-state index contributed by atoms with van der Waals surface area (Å²) in [7, 11) is 0. The maximum atomic E-state index is 12.5. The van der Waals surface area contributed by atoms with Gasteiger partial charge in [0.25, 0.3) is 0 Å². The molecule has 0 spiro atoms. The SMILES string of the molecule is C[C@H](NC(=O)[C@@H](Cc1ccccc1)NC(=O)[C@@H](N)CCCN=C(N)N)C(=O)O. The van der Waals surface area contributed by atoms with Gasteiger partial charge in [-0.1, -0.05) is 30.3 Å². The first-order valence-electron chi connectivity index (χ1n) is 8.89. The number of hydrogen-bond donors (Lipinski definition) is 6. The minimum absolute atomic E-state index is 0.0369. The average Bonchev–Trinajstić information content (AvgIpc) is 2.64. The van der Waals surface area contributed by atoms with Crippen molar-refractivity contribution < 1.29 is 19.5 Å². The smallest absolute Gasteiger partial charge is 0.325 e. The number of nitrogens with two attached hydrogens (primary N) is 3. The maximum Gasteiger partial charge on any atom is 0.325 e. The van der Waals surface area contributed by atoms with Crippen LogP contribution in [0.4, 0.5) is 0 Å². The van der Waals surface area contributed by atoms with Crippen molar-refractivity contribution in [3.8, 4) is 0 Å². The molecule has 0 aliphatic heterocycles. The van der Waals surface area contributed by atoms with Gasteiger partial charge in [-0.05, 0) is 25.3 Å². The first kappa shape index (κ1) is 22.9. The molecule has 0 aromatic heterocycles. The van der Waals surface area contributed by atoms with Crippen LogP contribution in [0.25, 0.3) is 0 Å². The number of guanidine groups is 1. The van der Waals surface area contributed by atoms with Crippen LogP contribution in [0, 0.1) is 0 Å². The van der Waals surface area contributed by atoms with Gasteiger partial charge in [0.05, 0.1) is 6.04 Å². The van der Waals surface area contributed by atoms with Crippen LogP contribution in [0.15, 0.2) is 35.3 Å². The van der Waals surface area contributed by atoms with Crippen LogP contribution < -0.4 is 27.8 Å². The third-order valence-corrected chi connectivity index (χ3v) is 3.95. The molecule has 9 N–H and O–H groups in total. The average molecular weight is 392 g/mol. The number of aliphatic imine (C=N–C) groups is 1. The number of carbonyl (C=O) groups excluding carboxylic acids is 2. The van der Waals surface area contributed by atoms with Crippen molar-refractivity contribution in [2.45, 2.75) is 44.3 Å². The second-order valence-electron chi connectivity index (χ2n) is 6.37. The van der Waals surface area contributed by atoms with E-state index in [1.807, 2.05) is 18.2 Å². The molecule has 1 rings (SSSR count). The van der Waals surface area contributed by atoms with Gasteiger partial charge >= 0.3 is 5.97 Å². The van der Waals surface area contributed by atoms with E-state index in [-0.39, 0.29) is 12.4 Å². The molecule has 0 unspecified atom stereocenters. The van der Waals surface area contributed by atoms with E-state index in [1.165, 1.54) is 6.92 Å². The molecular formula is C18H28N6O4. The summed E-state index contributed by atoms with van der Waals surface area (Å²) in [4.78, 5) is 39.7. The van der Waals surface area contributed by atoms with Gasteiger partial charge in [0.2, 0.25) is 11.8 Å². The number of nitrogens with one attached hydrogen (secondary N) is 2. The van der Waals surface area contributed by atoms with E-state index in [2.05, 4.69) is 15.6 Å². The highest BCUT2D eigenvalue weighted by molar-refractivity contribution is 5.91. The van der Waals surface area contributed by atoms with Gasteiger partial charge in [0, 0.05) is 13.0 Å². The summed E-state index contributed by atoms with van der Waals surface area (Å²) < 4.78 is 0. The first-order valence-corrected chi connectivity index (χ1v) is 8.89. The predicted molar refractivity (Wildman–Crippen MR) is 105 cm³/mol. The number of hydrogen-bond acceptors (Lipinski definition) is 5. The molecule has 1 aromatic rings. The Balaban J connectivity index is 2.74. The summed E-state index contributed by atoms with van der Waals surface area (Å²) in [6.45, 7) is 1.68. The van der Waals surface area contributed by atoms with Crippen molar-refractivity contribution in [3.63, 3.8) is 0 Å². The van der Waals surface area contributed by atoms with Gasteiger partial charge in [-0.2, -0.15) is 0 Å². The lowest BCUT2D eigenvalue weighted by Gasteiger charge is -2.22. The van der Waals surface area contributed by atoms with Gasteiger partial charge in [0.15, 0.2) is 5.96 Å². The molecule has 10 heteroatoms. The van der Waals surface area contributed by atoms with E-state index in [9.17, 15) is 14.4 Å². The Hall–Kier alpha value is -3.14. The molecular weight excluding hydrogens is 364 g/mol. The quantitative estimate of drug-likeness (QED) is 0.153. The molecule has 28 heavy (non-hydrogen) atoms. The number of rotatable bonds is 11. The number of carboxylic acids is 1. The normalized spacial score (nSPS) is 13.6. The number of nitrogens with zero attached hydrogens (tertiary/aromatic N) is 1. The number of carbonyl (C=O) groups is 3. The maximum absolute atomic E-state index is 12.5. The van der Waals surface area contributed by atoms with E-state index < -0.39 is 35.9 Å². The number of aliphatic carboxylic acids is 1. The summed E-state index contributed by atoms with van der Waals surface area (Å²) in [5, 5.41) is 14.0. The van der Waals surface area contributed by atoms with Crippen molar-refractivity contribution in [2.75, 3.05) is 6.54 Å². The highest BCUT2D eigenvalue weighted by Gasteiger charge is 2.26. The zero-order chi connectivity index (χ0) is 21.1. The third kappa shape index (κ3) is 8.49. The summed E-state index contributed by atoms with van der Waals surface area (Å²) in [5.41, 5.74) is 17.2. The highest BCUT2D eigenvalue weighted by atomic mass is 16.4. The lowest BCUT2D eigenvalue weighted by atomic mass is 10.0. The molecule has 2 amide bonds. The number of amides is 2. The van der Waals surface area contributed by atoms with E-state index in [4.69, 9.17) is 22.3 Å². The van der Waals surface area contributed by atoms with Crippen LogP contribution in [-0.4, -0.2) is 53.5 Å². The molecule has 0 radical (unpaired) electrons. The molecule has 0 aliphatic rings. The van der Waals surface area contributed by atoms with Crippen LogP contribution in [0.3, 0.4) is 0 Å². The minimum atomic E-state index is -1.17. The zero-order valence-corrected chi connectivity index (χ0v) is 15.8. The molecule has 154 valence electrons. The minimum Gasteiger partial charge on any atom is -0.480 e. The summed E-state index contributed by atoms with van der Waals surface area (Å²) >= 11 is 0. The van der Waals surface area contributed by atoms with Crippen LogP contribution in [0.2, 0.25) is 0 Å². The lowest BCUT2D eigenvalue weighted by molar-refractivity contribution is -0.141. The van der Waals surface area contributed by atoms with E-state index in [0.29, 0.717) is 19.4 Å². The molecule has 3 atom stereocenters. The van der Waals surface area contributed by atoms with Crippen molar-refractivity contribution in [3.05, 3.63) is 35.9 Å². The molecule has 0 fully saturated rings. The van der Waals surface area contributed by atoms with Crippen molar-refractivity contribution in [1.29, 1.82) is 0 Å². The summed E-state index contributed by atoms with van der Waals surface area (Å²) in [6.07, 6.45) is 1.03. The molecule has 0 heterocycles. The fraction of sp³-hybridized carbons (Fsp3) is 0.444. The van der Waals surface area contributed by atoms with Gasteiger partial charge in [0.1, 0.15) is 12.1 Å². The Morgan fingerprint density at radius 2 is 1.75 bits per heavy atom. The Morgan fingerprint density at radius 3 is 2.32 bits per heavy atom. The Morgan fingerprint density at radius 1 is 1.11 bits per heavy atom. The van der Waals surface area contributed by atoms with Crippen LogP contribution in [-0.2, 0) is 20.8 Å². The Bertz CT molecular complexity index is 691. The van der Waals surface area contributed by atoms with E-state index >= 15 is 0 Å². The van der Waals surface area contributed by atoms with Crippen molar-refractivity contribution in [2.24, 2.45) is 22.2 Å². The zero-order valence-electron chi connectivity index (χ0n) is 15.8. The molecule has 0 aliphatic carbocycles. The van der Waals surface area contributed by atoms with Crippen LogP contribution in [0.5, 0.6) is 0 Å². The second-order valence-corrected chi connectivity index (χ2v) is 6.37. The molecule has 10 nitrogen and oxygen atoms in total. The van der Waals surface area contributed by atoms with Crippen molar-refractivity contribution >= 4 is 23.7 Å². The molecule has 0 saturated heterocycles. The first-order chi connectivity index (χ1) is 13.2. The number of benzene rings is 1. The number of carboxylic acid groups (broad SMARTS) is 1. The Labute approximate surface area is 163 Å². The largest absolute Gasteiger partial charge is 0.480 e. The standard InChI is InChI=1S/C18H28N6O4/c1-11(17(27)28)23-16(26)14(10-12-6-3-2-4-7-12)24-15(25)13(19)8-5-9-22-18(20)21/h2-4,6-7,11,13-14H,5,8-10,19H2,1H3,(H,23,26)(H,24,25)(H,27,28)(H4,20,21,22)/t11-,13-,14+/m0/s1. The molecule has 0 bridgehead atoms. The summed E-state index contributed by atoms with van der Waals surface area (Å²) in [6, 6.07) is 6.16. The topological polar surface area (TPSA) is 186 Å². The second kappa shape index (κ2) is 11.5. The highest BCUT2D eigenvalue weighted by Crippen LogP contribution is 2.05. The van der Waals surface area contributed by atoms with Gasteiger partial charge in [-0.25, -0.2) is 0 Å². The van der Waals surface area contributed by atoms with Gasteiger partial charge < -0.3 is 32.9 Å². The molecule has 0 saturated carbocycles. The fourth-order valence-corrected chi connectivity index (χ4v) is 2.36. The van der Waals surface area contributed by atoms with Crippen molar-refractivity contribution in [1.82, 2.24) is 10.6 Å². The van der Waals surface area contributed by atoms with Gasteiger partial charge in [-0.3, -0.25) is 19.4 Å². The third-order valence-electron chi connectivity index (χ3n) is 3.95. The Kier molecular flexibility index (Phi) is 9.44. The summed E-state index contributed by atoms with van der Waals surface area (Å²) in [5.74, 6) is -2.32. The molecule has 1 aromatic carbocycles. The van der Waals surface area contributed by atoms with Crippen LogP contribution in [0.1, 0.15) is 25.3 Å². The fourth-order valence-electron chi connectivity index (χ4n) is 2.36.